The highest BCUT2D eigenvalue weighted by Gasteiger charge is 2.42. The third-order valence-electron chi connectivity index (χ3n) is 16.4. The Labute approximate surface area is 490 Å². The van der Waals surface area contributed by atoms with Crippen LogP contribution in [0, 0.1) is 22.7 Å². The van der Waals surface area contributed by atoms with E-state index in [0.29, 0.717) is 96.4 Å². The molecule has 0 spiro atoms. The van der Waals surface area contributed by atoms with Crippen molar-refractivity contribution in [3.63, 3.8) is 0 Å². The number of fused-ring (bicyclic) bond motifs is 6. The van der Waals surface area contributed by atoms with E-state index in [4.69, 9.17) is 26.1 Å². The van der Waals surface area contributed by atoms with Crippen molar-refractivity contribution in [3.8, 4) is 23.4 Å². The van der Waals surface area contributed by atoms with Crippen LogP contribution in [0.5, 0.6) is 11.8 Å². The summed E-state index contributed by atoms with van der Waals surface area (Å²) in [6.45, 7) is 17.3. The highest BCUT2D eigenvalue weighted by Crippen LogP contribution is 2.49. The Kier molecular flexibility index (Phi) is 17.1. The number of halogens is 1. The summed E-state index contributed by atoms with van der Waals surface area (Å²) >= 11 is 6.29. The van der Waals surface area contributed by atoms with E-state index in [1.807, 2.05) is 4.72 Å². The lowest BCUT2D eigenvalue weighted by molar-refractivity contribution is 0.0972. The molecular weight excluding hydrogens is 1120 g/mol. The Bertz CT molecular complexity index is 3570. The van der Waals surface area contributed by atoms with Crippen LogP contribution in [-0.2, 0) is 20.0 Å². The van der Waals surface area contributed by atoms with Gasteiger partial charge in [0.1, 0.15) is 22.6 Å². The summed E-state index contributed by atoms with van der Waals surface area (Å²) in [4.78, 5) is 46.0. The number of carbonyl (C=O) groups excluding carboxylic acids is 2. The zero-order valence-electron chi connectivity index (χ0n) is 48.0. The van der Waals surface area contributed by atoms with E-state index in [0.717, 1.165) is 57.9 Å². The first-order valence-electron chi connectivity index (χ1n) is 28.6. The molecule has 2 saturated heterocycles. The van der Waals surface area contributed by atoms with Crippen LogP contribution in [0.3, 0.4) is 0 Å². The van der Waals surface area contributed by atoms with Gasteiger partial charge in [0.2, 0.25) is 11.8 Å². The number of carbonyl (C=O) groups is 2. The van der Waals surface area contributed by atoms with E-state index in [1.165, 1.54) is 54.6 Å². The molecule has 5 N–H and O–H groups in total. The summed E-state index contributed by atoms with van der Waals surface area (Å²) in [7, 11) is -8.47. The standard InChI is InChI=1S/C29H38ClN7O4S.C29H37N7O4S/c1-28(2)18-20(19-32-28)10-15-31-22-6-4-7-25(33-22)42(39,40)36-27(38)21-8-9-23(34-26(21)30)37-16-11-24(35-37)41-17-5-12-29(3)13-14-29;1-28(2)18-20-10-15-30-22-6-4-7-25(31-22)41(38,39)34-27(37)21-8-9-23(32-26(21)35(28)19-20)36-16-11-24(33-36)40-17-5-12-29(3)13-14-29/h4,6-9,11,16,20,32H,5,10,12-15,17-19H2,1-3H3,(H,31,33)(H,36,38);4,6-9,11,16,20H,5,10,12-15,17-19H2,1-3H3,(H,30,31)(H,34,37). The van der Waals surface area contributed by atoms with Crippen LogP contribution >= 0.6 is 11.6 Å². The zero-order chi connectivity index (χ0) is 58.8. The van der Waals surface area contributed by atoms with Gasteiger partial charge in [-0.1, -0.05) is 37.6 Å². The van der Waals surface area contributed by atoms with Crippen molar-refractivity contribution in [2.24, 2.45) is 22.7 Å². The average molecular weight is 1200 g/mol. The molecule has 3 aliphatic heterocycles. The van der Waals surface area contributed by atoms with Gasteiger partial charge in [-0.3, -0.25) is 9.59 Å². The van der Waals surface area contributed by atoms with Crippen molar-refractivity contribution < 1.29 is 35.9 Å². The topological polar surface area (TPSA) is 271 Å². The first-order chi connectivity index (χ1) is 39.4. The van der Waals surface area contributed by atoms with Crippen LogP contribution in [-0.4, -0.2) is 119 Å². The van der Waals surface area contributed by atoms with E-state index >= 15 is 0 Å². The first-order valence-corrected chi connectivity index (χ1v) is 31.9. The molecule has 6 aromatic rings. The number of hydrogen-bond donors (Lipinski definition) is 5. The fraction of sp³-hybridized carbons (Fsp3) is 0.517. The Balaban J connectivity index is 0.000000185. The molecule has 444 valence electrons. The van der Waals surface area contributed by atoms with Gasteiger partial charge in [0.05, 0.1) is 24.3 Å². The van der Waals surface area contributed by atoms with Gasteiger partial charge in [0.15, 0.2) is 21.7 Å². The molecule has 2 atom stereocenters. The predicted molar refractivity (Wildman–Crippen MR) is 316 cm³/mol. The number of nitrogens with one attached hydrogen (secondary N) is 5. The van der Waals surface area contributed by atoms with E-state index in [2.05, 4.69) is 92.3 Å². The predicted octanol–water partition coefficient (Wildman–Crippen LogP) is 8.74. The van der Waals surface area contributed by atoms with Crippen LogP contribution in [0.25, 0.3) is 11.6 Å². The van der Waals surface area contributed by atoms with E-state index in [1.54, 1.807) is 65.6 Å². The van der Waals surface area contributed by atoms with Gasteiger partial charge in [-0.15, -0.1) is 10.2 Å². The summed E-state index contributed by atoms with van der Waals surface area (Å²) in [5.74, 6) is 2.35. The van der Waals surface area contributed by atoms with Crippen molar-refractivity contribution >= 4 is 60.9 Å². The molecular formula is C58H75ClN14O8S2. The fourth-order valence-electron chi connectivity index (χ4n) is 11.0. The third-order valence-corrected chi connectivity index (χ3v) is 19.1. The van der Waals surface area contributed by atoms with Crippen molar-refractivity contribution in [3.05, 3.63) is 101 Å². The third kappa shape index (κ3) is 15.1. The Morgan fingerprint density at radius 1 is 0.795 bits per heavy atom. The van der Waals surface area contributed by atoms with Gasteiger partial charge in [-0.2, -0.15) is 16.8 Å². The maximum Gasteiger partial charge on any atom is 0.281 e. The smallest absolute Gasteiger partial charge is 0.281 e. The van der Waals surface area contributed by atoms with Crippen LogP contribution < -0.4 is 39.8 Å². The molecule has 2 amide bonds. The molecule has 83 heavy (non-hydrogen) atoms. The molecule has 2 aliphatic carbocycles. The first kappa shape index (κ1) is 59.3. The second-order valence-corrected chi connectivity index (χ2v) is 28.2. The van der Waals surface area contributed by atoms with E-state index in [9.17, 15) is 26.4 Å². The summed E-state index contributed by atoms with van der Waals surface area (Å²) in [6.07, 6.45) is 16.6. The highest BCUT2D eigenvalue weighted by molar-refractivity contribution is 7.90. The van der Waals surface area contributed by atoms with Crippen LogP contribution in [0.1, 0.15) is 139 Å². The maximum atomic E-state index is 13.5. The number of amides is 2. The number of anilines is 3. The van der Waals surface area contributed by atoms with Crippen molar-refractivity contribution in [1.29, 1.82) is 0 Å². The summed E-state index contributed by atoms with van der Waals surface area (Å²) in [6, 6.07) is 19.0. The maximum absolute atomic E-state index is 13.5. The second kappa shape index (κ2) is 24.0. The zero-order valence-corrected chi connectivity index (χ0v) is 50.3. The minimum atomic E-state index is -4.26. The molecule has 9 heterocycles. The average Bonchev–Trinajstić information content (AvgIpc) is 4.05. The van der Waals surface area contributed by atoms with Crippen LogP contribution in [0.4, 0.5) is 17.5 Å². The van der Waals surface area contributed by atoms with Gasteiger partial charge in [-0.25, -0.2) is 38.7 Å². The van der Waals surface area contributed by atoms with Crippen LogP contribution in [0.2, 0.25) is 5.15 Å². The molecule has 0 radical (unpaired) electrons. The molecule has 11 rings (SSSR count). The van der Waals surface area contributed by atoms with E-state index < -0.39 is 31.9 Å². The summed E-state index contributed by atoms with van der Waals surface area (Å²) in [5, 5.41) is 18.2. The number of hydrogen-bond acceptors (Lipinski definition) is 18. The van der Waals surface area contributed by atoms with Gasteiger partial charge in [0, 0.05) is 55.2 Å². The lowest BCUT2D eigenvalue weighted by Crippen LogP contribution is -2.41. The summed E-state index contributed by atoms with van der Waals surface area (Å²) in [5.41, 5.74) is 0.888. The highest BCUT2D eigenvalue weighted by atomic mass is 35.5. The van der Waals surface area contributed by atoms with Gasteiger partial charge in [0.25, 0.3) is 31.9 Å². The lowest BCUT2D eigenvalue weighted by atomic mass is 9.94. The lowest BCUT2D eigenvalue weighted by Gasteiger charge is -2.34. The molecule has 0 aromatic carbocycles. The Morgan fingerprint density at radius 3 is 2.08 bits per heavy atom. The number of ether oxygens (including phenoxy) is 2. The van der Waals surface area contributed by atoms with Crippen LogP contribution in [0.15, 0.2) is 95.2 Å². The number of aromatic nitrogens is 8. The summed E-state index contributed by atoms with van der Waals surface area (Å²) < 4.78 is 71.1. The number of nitrogens with zero attached hydrogens (tertiary/aromatic N) is 9. The van der Waals surface area contributed by atoms with Gasteiger partial charge >= 0.3 is 0 Å². The molecule has 25 heteroatoms. The molecule has 5 aliphatic rings. The van der Waals surface area contributed by atoms with E-state index in [-0.39, 0.29) is 37.4 Å². The minimum Gasteiger partial charge on any atom is -0.477 e. The molecule has 6 aromatic heterocycles. The van der Waals surface area contributed by atoms with Gasteiger partial charge in [-0.05, 0) is 182 Å². The van der Waals surface area contributed by atoms with Crippen molar-refractivity contribution in [1.82, 2.24) is 54.3 Å². The SMILES string of the molecule is CC1(CCCOc2ccn(-c3ccc(C(=O)NS(=O)(=O)c4cccc(NCCC5CNC(C)(C)C5)n4)c(Cl)n3)n2)CC1.CC1(CCCOc2ccn(-c3ccc4c(n3)N3CC(CCNc5cccc(n5)S(=O)(=O)NC4=O)CC3(C)C)n2)CC1. The Morgan fingerprint density at radius 2 is 1.45 bits per heavy atom. The minimum absolute atomic E-state index is 0.0939. The molecule has 22 nitrogen and oxygen atoms in total. The monoisotopic (exact) mass is 1190 g/mol. The number of sulfonamides is 2. The molecule has 4 fully saturated rings. The number of pyridine rings is 4. The quantitative estimate of drug-likeness (QED) is 0.0374. The largest absolute Gasteiger partial charge is 0.477 e. The molecule has 2 saturated carbocycles. The Hall–Kier alpha value is -6.89. The number of rotatable bonds is 19. The van der Waals surface area contributed by atoms with Gasteiger partial charge < -0.3 is 30.3 Å². The molecule has 2 unspecified atom stereocenters. The second-order valence-electron chi connectivity index (χ2n) is 24.6. The van der Waals surface area contributed by atoms with Crippen molar-refractivity contribution in [2.75, 3.05) is 54.9 Å². The van der Waals surface area contributed by atoms with Crippen molar-refractivity contribution in [2.45, 2.75) is 140 Å². The molecule has 4 bridgehead atoms. The fourth-order valence-corrected chi connectivity index (χ4v) is 13.1. The normalized spacial score (nSPS) is 20.5.